The highest BCUT2D eigenvalue weighted by atomic mass is 16.3. The van der Waals surface area contributed by atoms with Crippen molar-refractivity contribution in [3.63, 3.8) is 0 Å². The van der Waals surface area contributed by atoms with Crippen LogP contribution in [0.1, 0.15) is 200 Å². The third-order valence-corrected chi connectivity index (χ3v) is 10.0. The van der Waals surface area contributed by atoms with E-state index in [0.717, 1.165) is 96.3 Å². The Balaban J connectivity index is 3.71. The Kier molecular flexibility index (Phi) is 45.0. The minimum absolute atomic E-state index is 0.0934. The van der Waals surface area contributed by atoms with E-state index in [9.17, 15) is 15.0 Å². The summed E-state index contributed by atoms with van der Waals surface area (Å²) in [6.45, 7) is 4.17. The molecule has 2 unspecified atom stereocenters. The van der Waals surface area contributed by atoms with Gasteiger partial charge in [0.1, 0.15) is 0 Å². The van der Waals surface area contributed by atoms with Crippen molar-refractivity contribution in [2.45, 2.75) is 212 Å². The number of aliphatic hydroxyl groups is 2. The van der Waals surface area contributed by atoms with E-state index in [1.165, 1.54) is 83.5 Å². The van der Waals surface area contributed by atoms with Gasteiger partial charge in [-0.3, -0.25) is 4.79 Å². The van der Waals surface area contributed by atoms with Gasteiger partial charge in [-0.1, -0.05) is 220 Å². The normalized spacial score (nSPS) is 14.0. The van der Waals surface area contributed by atoms with Crippen molar-refractivity contribution in [2.24, 2.45) is 0 Å². The molecule has 0 aliphatic rings. The monoisotopic (exact) mass is 788 g/mol. The third-order valence-electron chi connectivity index (χ3n) is 10.0. The van der Waals surface area contributed by atoms with Crippen molar-refractivity contribution in [1.29, 1.82) is 0 Å². The summed E-state index contributed by atoms with van der Waals surface area (Å²) < 4.78 is 0. The summed E-state index contributed by atoms with van der Waals surface area (Å²) in [6, 6.07) is -0.644. The maximum Gasteiger partial charge on any atom is 0.220 e. The van der Waals surface area contributed by atoms with Crippen LogP contribution in [0.4, 0.5) is 0 Å². The summed E-state index contributed by atoms with van der Waals surface area (Å²) in [5, 5.41) is 23.0. The number of carbonyl (C=O) groups is 1. The highest BCUT2D eigenvalue weighted by Gasteiger charge is 2.17. The minimum Gasteiger partial charge on any atom is -0.394 e. The maximum absolute atomic E-state index is 12.4. The van der Waals surface area contributed by atoms with Gasteiger partial charge in [0.2, 0.25) is 5.91 Å². The number of unbranched alkanes of at least 4 members (excludes halogenated alkanes) is 18. The van der Waals surface area contributed by atoms with Crippen LogP contribution in [0.3, 0.4) is 0 Å². The lowest BCUT2D eigenvalue weighted by Gasteiger charge is -2.20. The second-order valence-corrected chi connectivity index (χ2v) is 15.4. The first-order valence-corrected chi connectivity index (χ1v) is 23.6. The number of allylic oxidation sites excluding steroid dienone is 17. The van der Waals surface area contributed by atoms with Gasteiger partial charge < -0.3 is 15.5 Å². The maximum atomic E-state index is 12.4. The molecule has 57 heavy (non-hydrogen) atoms. The molecule has 0 fully saturated rings. The van der Waals surface area contributed by atoms with Gasteiger partial charge in [-0.2, -0.15) is 0 Å². The van der Waals surface area contributed by atoms with Crippen molar-refractivity contribution in [3.8, 4) is 0 Å². The SMILES string of the molecule is CC/C=C\C/C=C\C/C=C\C/C=C\C/C=C\C/C=C\C/C=C\C/C=C\CCCCCCC(=O)NC(CO)C(O)/C=C/CCCCCCCCCCCCCCCC. The smallest absolute Gasteiger partial charge is 0.220 e. The molecule has 0 heterocycles. The van der Waals surface area contributed by atoms with Crippen LogP contribution in [0.25, 0.3) is 0 Å². The molecule has 4 nitrogen and oxygen atoms in total. The van der Waals surface area contributed by atoms with E-state index in [0.29, 0.717) is 6.42 Å². The zero-order valence-electron chi connectivity index (χ0n) is 37.1. The fourth-order valence-corrected chi connectivity index (χ4v) is 6.43. The molecule has 0 spiro atoms. The molecule has 0 rings (SSSR count). The van der Waals surface area contributed by atoms with Crippen LogP contribution in [0.15, 0.2) is 109 Å². The highest BCUT2D eigenvalue weighted by Crippen LogP contribution is 2.14. The van der Waals surface area contributed by atoms with Gasteiger partial charge in [0.25, 0.3) is 0 Å². The third kappa shape index (κ3) is 44.0. The zero-order chi connectivity index (χ0) is 41.4. The molecule has 324 valence electrons. The summed E-state index contributed by atoms with van der Waals surface area (Å²) in [7, 11) is 0. The predicted octanol–water partition coefficient (Wildman–Crippen LogP) is 15.2. The Bertz CT molecular complexity index is 1120. The van der Waals surface area contributed by atoms with Crippen LogP contribution in [0.5, 0.6) is 0 Å². The Labute approximate surface area is 353 Å². The molecule has 0 aromatic heterocycles. The van der Waals surface area contributed by atoms with Gasteiger partial charge in [0, 0.05) is 6.42 Å². The second-order valence-electron chi connectivity index (χ2n) is 15.4. The fraction of sp³-hybridized carbons (Fsp3) is 0.642. The van der Waals surface area contributed by atoms with Crippen molar-refractivity contribution in [3.05, 3.63) is 109 Å². The van der Waals surface area contributed by atoms with Crippen molar-refractivity contribution in [2.75, 3.05) is 6.61 Å². The summed E-state index contributed by atoms with van der Waals surface area (Å²) in [6.07, 6.45) is 72.0. The first-order chi connectivity index (χ1) is 28.2. The van der Waals surface area contributed by atoms with Crippen molar-refractivity contribution < 1.29 is 15.0 Å². The van der Waals surface area contributed by atoms with E-state index in [2.05, 4.69) is 116 Å². The number of carbonyl (C=O) groups excluding carboxylic acids is 1. The minimum atomic E-state index is -0.858. The number of hydrogen-bond acceptors (Lipinski definition) is 3. The van der Waals surface area contributed by atoms with E-state index in [1.54, 1.807) is 6.08 Å². The lowest BCUT2D eigenvalue weighted by Crippen LogP contribution is -2.45. The van der Waals surface area contributed by atoms with Crippen LogP contribution < -0.4 is 5.32 Å². The van der Waals surface area contributed by atoms with Gasteiger partial charge in [0.15, 0.2) is 0 Å². The Morgan fingerprint density at radius 3 is 1.16 bits per heavy atom. The van der Waals surface area contributed by atoms with Gasteiger partial charge >= 0.3 is 0 Å². The molecule has 3 N–H and O–H groups in total. The van der Waals surface area contributed by atoms with E-state index >= 15 is 0 Å². The molecule has 4 heteroatoms. The second kappa shape index (κ2) is 47.4. The van der Waals surface area contributed by atoms with Crippen LogP contribution in [-0.2, 0) is 4.79 Å². The number of hydrogen-bond donors (Lipinski definition) is 3. The summed E-state index contributed by atoms with van der Waals surface area (Å²) in [4.78, 5) is 12.4. The van der Waals surface area contributed by atoms with Gasteiger partial charge in [0.05, 0.1) is 18.8 Å². The molecule has 0 saturated heterocycles. The lowest BCUT2D eigenvalue weighted by molar-refractivity contribution is -0.123. The molecular formula is C53H89NO3. The van der Waals surface area contributed by atoms with Crippen LogP contribution in [0.2, 0.25) is 0 Å². The molecule has 0 aliphatic carbocycles. The highest BCUT2D eigenvalue weighted by molar-refractivity contribution is 5.76. The van der Waals surface area contributed by atoms with Gasteiger partial charge in [-0.05, 0) is 83.5 Å². The number of amides is 1. The van der Waals surface area contributed by atoms with E-state index in [-0.39, 0.29) is 12.5 Å². The van der Waals surface area contributed by atoms with Crippen molar-refractivity contribution >= 4 is 5.91 Å². The molecule has 0 saturated carbocycles. The molecule has 1 amide bonds. The Morgan fingerprint density at radius 1 is 0.439 bits per heavy atom. The summed E-state index contributed by atoms with van der Waals surface area (Å²) in [5.41, 5.74) is 0. The Morgan fingerprint density at radius 2 is 0.772 bits per heavy atom. The lowest BCUT2D eigenvalue weighted by atomic mass is 10.0. The predicted molar refractivity (Wildman–Crippen MR) is 253 cm³/mol. The first-order valence-electron chi connectivity index (χ1n) is 23.6. The van der Waals surface area contributed by atoms with Crippen LogP contribution in [0, 0.1) is 0 Å². The quantitative estimate of drug-likeness (QED) is 0.0427. The summed E-state index contributed by atoms with van der Waals surface area (Å²) in [5.74, 6) is -0.0934. The van der Waals surface area contributed by atoms with Gasteiger partial charge in [-0.25, -0.2) is 0 Å². The van der Waals surface area contributed by atoms with Gasteiger partial charge in [-0.15, -0.1) is 0 Å². The van der Waals surface area contributed by atoms with Crippen LogP contribution in [-0.4, -0.2) is 34.9 Å². The molecule has 0 aromatic carbocycles. The molecule has 0 aromatic rings. The largest absolute Gasteiger partial charge is 0.394 e. The van der Waals surface area contributed by atoms with Crippen LogP contribution >= 0.6 is 0 Å². The summed E-state index contributed by atoms with van der Waals surface area (Å²) >= 11 is 0. The fourth-order valence-electron chi connectivity index (χ4n) is 6.43. The molecule has 0 bridgehead atoms. The Hall–Kier alpha value is -2.95. The topological polar surface area (TPSA) is 69.6 Å². The number of rotatable bonds is 41. The molecular weight excluding hydrogens is 699 g/mol. The number of aliphatic hydroxyl groups excluding tert-OH is 2. The molecule has 0 radical (unpaired) electrons. The zero-order valence-corrected chi connectivity index (χ0v) is 37.1. The van der Waals surface area contributed by atoms with E-state index < -0.39 is 12.1 Å². The van der Waals surface area contributed by atoms with Crippen molar-refractivity contribution in [1.82, 2.24) is 5.32 Å². The molecule has 2 atom stereocenters. The average molecular weight is 788 g/mol. The first kappa shape index (κ1) is 54.0. The van der Waals surface area contributed by atoms with E-state index in [4.69, 9.17) is 0 Å². The standard InChI is InChI=1S/C53H89NO3/c1-3-5-7-9-11-13-15-17-19-21-22-23-24-25-26-27-28-29-30-31-32-33-35-37-39-41-43-45-47-49-53(57)54-51(50-55)52(56)48-46-44-42-40-38-36-34-20-18-16-14-12-10-8-6-4-2/h5,7,11,13,17,19,22-23,25-26,28-29,31-32,35,37,46,48,51-52,55-56H,3-4,6,8-10,12,14-16,18,20-21,24,27,30,33-34,36,38-45,47,49-50H2,1-2H3,(H,54,57)/b7-5-,13-11-,19-17-,23-22-,26-25-,29-28-,32-31-,37-35-,48-46+. The average Bonchev–Trinajstić information content (AvgIpc) is 3.22. The molecule has 0 aliphatic heterocycles. The number of nitrogens with one attached hydrogen (secondary N) is 1. The van der Waals surface area contributed by atoms with E-state index in [1.807, 2.05) is 6.08 Å².